The number of carbonyl (C=O) groups excluding carboxylic acids is 2. The van der Waals surface area contributed by atoms with E-state index in [0.717, 1.165) is 11.1 Å². The number of anilines is 1. The lowest BCUT2D eigenvalue weighted by Crippen LogP contribution is -2.25. The van der Waals surface area contributed by atoms with Crippen molar-refractivity contribution in [1.29, 1.82) is 0 Å². The average molecular weight is 505 g/mol. The van der Waals surface area contributed by atoms with Crippen molar-refractivity contribution in [2.24, 2.45) is 0 Å². The molecule has 2 aromatic carbocycles. The van der Waals surface area contributed by atoms with Crippen LogP contribution in [0.25, 0.3) is 39.6 Å². The number of nitrogens with one attached hydrogen (secondary N) is 3. The quantitative estimate of drug-likeness (QED) is 0.226. The van der Waals surface area contributed by atoms with Crippen LogP contribution in [0.2, 0.25) is 0 Å². The second kappa shape index (κ2) is 9.17. The molecule has 0 saturated carbocycles. The van der Waals surface area contributed by atoms with Crippen LogP contribution in [0.15, 0.2) is 94.3 Å². The van der Waals surface area contributed by atoms with Gasteiger partial charge in [-0.05, 0) is 25.1 Å². The molecule has 38 heavy (non-hydrogen) atoms. The topological polar surface area (TPSA) is 139 Å². The van der Waals surface area contributed by atoms with Gasteiger partial charge in [0.15, 0.2) is 5.76 Å². The van der Waals surface area contributed by atoms with Crippen LogP contribution in [0, 0.1) is 6.92 Å². The summed E-state index contributed by atoms with van der Waals surface area (Å²) in [6.07, 6.45) is 1.49. The van der Waals surface area contributed by atoms with Crippen molar-refractivity contribution in [3.63, 3.8) is 0 Å². The maximum absolute atomic E-state index is 13.3. The monoisotopic (exact) mass is 504 g/mol. The van der Waals surface area contributed by atoms with E-state index in [-0.39, 0.29) is 17.3 Å². The molecule has 4 heterocycles. The van der Waals surface area contributed by atoms with Gasteiger partial charge in [-0.1, -0.05) is 48.5 Å². The van der Waals surface area contributed by atoms with E-state index < -0.39 is 17.2 Å². The number of hydrogen-bond donors (Lipinski definition) is 3. The predicted octanol–water partition coefficient (Wildman–Crippen LogP) is 4.49. The van der Waals surface area contributed by atoms with E-state index in [2.05, 4.69) is 25.4 Å². The van der Waals surface area contributed by atoms with E-state index in [9.17, 15) is 14.4 Å². The first-order valence-electron chi connectivity index (χ1n) is 11.7. The Balaban J connectivity index is 1.42. The molecule has 0 aliphatic heterocycles. The Kier molecular flexibility index (Phi) is 5.53. The third-order valence-electron chi connectivity index (χ3n) is 6.05. The standard InChI is InChI=1S/C28H20N6O4/c1-16-25(18-10-5-6-11-19(18)29-16)26(36)27(37)31-23-14-21(22-12-7-13-38-22)33-34(23)28-30-20(15-24(35)32-28)17-8-3-2-4-9-17/h2-15,29H,1H3,(H,31,37)(H,30,32,35). The van der Waals surface area contributed by atoms with Gasteiger partial charge in [-0.3, -0.25) is 19.4 Å². The molecule has 1 amide bonds. The number of aryl methyl sites for hydroxylation is 1. The summed E-state index contributed by atoms with van der Waals surface area (Å²) in [4.78, 5) is 49.4. The molecule has 0 saturated heterocycles. The van der Waals surface area contributed by atoms with Crippen molar-refractivity contribution in [3.05, 3.63) is 107 Å². The molecule has 0 unspecified atom stereocenters. The number of aromatic nitrogens is 5. The lowest BCUT2D eigenvalue weighted by atomic mass is 10.1. The molecule has 0 atom stereocenters. The highest BCUT2D eigenvalue weighted by molar-refractivity contribution is 6.48. The Bertz CT molecular complexity index is 1860. The van der Waals surface area contributed by atoms with Crippen LogP contribution in [0.4, 0.5) is 5.82 Å². The van der Waals surface area contributed by atoms with Gasteiger partial charge < -0.3 is 14.7 Å². The fourth-order valence-corrected chi connectivity index (χ4v) is 4.33. The van der Waals surface area contributed by atoms with Gasteiger partial charge in [0, 0.05) is 34.3 Å². The number of amides is 1. The fraction of sp³-hybridized carbons (Fsp3) is 0.0357. The zero-order chi connectivity index (χ0) is 26.2. The number of hydrogen-bond acceptors (Lipinski definition) is 6. The number of furan rings is 1. The molecule has 4 aromatic heterocycles. The molecular formula is C28H20N6O4. The van der Waals surface area contributed by atoms with Crippen molar-refractivity contribution in [1.82, 2.24) is 24.7 Å². The van der Waals surface area contributed by atoms with Gasteiger partial charge in [0.05, 0.1) is 17.5 Å². The first-order chi connectivity index (χ1) is 18.5. The van der Waals surface area contributed by atoms with Gasteiger partial charge in [0.1, 0.15) is 11.5 Å². The molecule has 3 N–H and O–H groups in total. The second-order valence-electron chi connectivity index (χ2n) is 8.58. The van der Waals surface area contributed by atoms with E-state index in [1.807, 2.05) is 42.5 Å². The second-order valence-corrected chi connectivity index (χ2v) is 8.58. The number of nitrogens with zero attached hydrogens (tertiary/aromatic N) is 3. The molecule has 10 nitrogen and oxygen atoms in total. The highest BCUT2D eigenvalue weighted by Crippen LogP contribution is 2.26. The summed E-state index contributed by atoms with van der Waals surface area (Å²) in [6, 6.07) is 22.8. The highest BCUT2D eigenvalue weighted by atomic mass is 16.3. The zero-order valence-electron chi connectivity index (χ0n) is 20.1. The summed E-state index contributed by atoms with van der Waals surface area (Å²) >= 11 is 0. The number of Topliss-reactive ketones (excluding diaryl/α,β-unsaturated/α-hetero) is 1. The lowest BCUT2D eigenvalue weighted by molar-refractivity contribution is -0.112. The van der Waals surface area contributed by atoms with Crippen LogP contribution >= 0.6 is 0 Å². The Hall–Kier alpha value is -5.51. The van der Waals surface area contributed by atoms with Gasteiger partial charge in [-0.2, -0.15) is 9.78 Å². The molecule has 0 aliphatic rings. The molecule has 186 valence electrons. The summed E-state index contributed by atoms with van der Waals surface area (Å²) < 4.78 is 6.73. The summed E-state index contributed by atoms with van der Waals surface area (Å²) in [5.74, 6) is -0.973. The first kappa shape index (κ1) is 22.9. The van der Waals surface area contributed by atoms with Crippen molar-refractivity contribution < 1.29 is 14.0 Å². The van der Waals surface area contributed by atoms with E-state index in [1.54, 1.807) is 37.3 Å². The van der Waals surface area contributed by atoms with E-state index >= 15 is 0 Å². The molecular weight excluding hydrogens is 484 g/mol. The highest BCUT2D eigenvalue weighted by Gasteiger charge is 2.25. The molecule has 6 rings (SSSR count). The van der Waals surface area contributed by atoms with Crippen molar-refractivity contribution in [2.75, 3.05) is 5.32 Å². The van der Waals surface area contributed by atoms with Crippen molar-refractivity contribution >= 4 is 28.4 Å². The Morgan fingerprint density at radius 1 is 0.921 bits per heavy atom. The third kappa shape index (κ3) is 4.09. The fourth-order valence-electron chi connectivity index (χ4n) is 4.33. The van der Waals surface area contributed by atoms with Crippen LogP contribution in [0.3, 0.4) is 0 Å². The minimum Gasteiger partial charge on any atom is -0.463 e. The Labute approximate surface area is 215 Å². The van der Waals surface area contributed by atoms with Crippen LogP contribution in [0.5, 0.6) is 0 Å². The number of H-pyrrole nitrogens is 2. The van der Waals surface area contributed by atoms with Crippen LogP contribution in [-0.2, 0) is 4.79 Å². The SMILES string of the molecule is Cc1[nH]c2ccccc2c1C(=O)C(=O)Nc1cc(-c2ccco2)nn1-c1nc(-c2ccccc2)cc(=O)[nH]1. The molecule has 0 radical (unpaired) electrons. The average Bonchev–Trinajstić information content (AvgIpc) is 3.67. The van der Waals surface area contributed by atoms with Gasteiger partial charge in [0.25, 0.3) is 17.2 Å². The van der Waals surface area contributed by atoms with Gasteiger partial charge in [-0.15, -0.1) is 0 Å². The van der Waals surface area contributed by atoms with Gasteiger partial charge >= 0.3 is 0 Å². The lowest BCUT2D eigenvalue weighted by Gasteiger charge is -2.09. The minimum atomic E-state index is -0.869. The van der Waals surface area contributed by atoms with Crippen LogP contribution in [0.1, 0.15) is 16.1 Å². The molecule has 6 aromatic rings. The summed E-state index contributed by atoms with van der Waals surface area (Å²) in [6.45, 7) is 1.74. The van der Waals surface area contributed by atoms with Crippen molar-refractivity contribution in [3.8, 4) is 28.7 Å². The molecule has 0 aliphatic carbocycles. The summed E-state index contributed by atoms with van der Waals surface area (Å²) in [5.41, 5.74) is 2.73. The first-order valence-corrected chi connectivity index (χ1v) is 11.7. The Morgan fingerprint density at radius 3 is 2.50 bits per heavy atom. The van der Waals surface area contributed by atoms with Gasteiger partial charge in [-0.25, -0.2) is 4.98 Å². The van der Waals surface area contributed by atoms with Crippen LogP contribution in [-0.4, -0.2) is 36.4 Å². The normalized spacial score (nSPS) is 11.1. The van der Waals surface area contributed by atoms with Crippen molar-refractivity contribution in [2.45, 2.75) is 6.92 Å². The molecule has 0 bridgehead atoms. The molecule has 10 heteroatoms. The zero-order valence-corrected chi connectivity index (χ0v) is 20.1. The number of para-hydroxylation sites is 1. The number of rotatable bonds is 6. The Morgan fingerprint density at radius 2 is 1.71 bits per heavy atom. The number of carbonyl (C=O) groups is 2. The summed E-state index contributed by atoms with van der Waals surface area (Å²) in [7, 11) is 0. The smallest absolute Gasteiger partial charge is 0.298 e. The predicted molar refractivity (Wildman–Crippen MR) is 141 cm³/mol. The maximum atomic E-state index is 13.3. The van der Waals surface area contributed by atoms with Gasteiger partial charge in [0.2, 0.25) is 5.95 Å². The van der Waals surface area contributed by atoms with E-state index in [0.29, 0.717) is 28.2 Å². The summed E-state index contributed by atoms with van der Waals surface area (Å²) in [5, 5.41) is 7.79. The largest absolute Gasteiger partial charge is 0.463 e. The molecule has 0 spiro atoms. The molecule has 0 fully saturated rings. The number of fused-ring (bicyclic) bond motifs is 1. The minimum absolute atomic E-state index is 0.0557. The van der Waals surface area contributed by atoms with Crippen LogP contribution < -0.4 is 10.9 Å². The number of benzene rings is 2. The number of ketones is 1. The van der Waals surface area contributed by atoms with E-state index in [4.69, 9.17) is 4.42 Å². The third-order valence-corrected chi connectivity index (χ3v) is 6.05. The maximum Gasteiger partial charge on any atom is 0.298 e. The van der Waals surface area contributed by atoms with E-state index in [1.165, 1.54) is 17.0 Å². The number of aromatic amines is 2.